The Kier molecular flexibility index (Phi) is 6.00. The molecule has 2 amide bonds. The van der Waals surface area contributed by atoms with E-state index in [1.165, 1.54) is 0 Å². The van der Waals surface area contributed by atoms with E-state index in [4.69, 9.17) is 11.6 Å². The van der Waals surface area contributed by atoms with Crippen LogP contribution in [0.4, 0.5) is 5.69 Å². The van der Waals surface area contributed by atoms with Gasteiger partial charge >= 0.3 is 0 Å². The number of carbonyl (C=O) groups excluding carboxylic acids is 2. The number of nitrogens with zero attached hydrogens (tertiary/aromatic N) is 1. The molecule has 1 heterocycles. The molecule has 0 aliphatic carbocycles. The van der Waals surface area contributed by atoms with Crippen molar-refractivity contribution < 1.29 is 9.59 Å². The molecule has 6 heteroatoms. The van der Waals surface area contributed by atoms with Gasteiger partial charge in [0.25, 0.3) is 0 Å². The zero-order valence-corrected chi connectivity index (χ0v) is 15.3. The summed E-state index contributed by atoms with van der Waals surface area (Å²) in [6, 6.07) is 15.3. The summed E-state index contributed by atoms with van der Waals surface area (Å²) in [6.07, 6.45) is 1.82. The summed E-state index contributed by atoms with van der Waals surface area (Å²) in [5.74, 6) is 0.0694. The molecule has 1 fully saturated rings. The molecule has 3 rings (SSSR count). The highest BCUT2D eigenvalue weighted by Gasteiger charge is 2.20. The third-order valence-electron chi connectivity index (χ3n) is 3.98. The summed E-state index contributed by atoms with van der Waals surface area (Å²) in [6.45, 7) is 1.26. The van der Waals surface area contributed by atoms with Gasteiger partial charge in [-0.3, -0.25) is 9.59 Å². The van der Waals surface area contributed by atoms with Crippen molar-refractivity contribution in [3.63, 3.8) is 0 Å². The van der Waals surface area contributed by atoms with Crippen molar-refractivity contribution in [1.82, 2.24) is 4.90 Å². The standard InChI is InChI=1S/C19H19ClN2O2S/c20-16-4-1-2-5-17(16)25-15-9-7-14(8-10-15)21-18(23)11-13-22-12-3-6-19(22)24/h1-2,4-5,7-10H,3,6,11-13H2,(H,21,23). The molecular weight excluding hydrogens is 356 g/mol. The molecule has 0 unspecified atom stereocenters. The van der Waals surface area contributed by atoms with Crippen molar-refractivity contribution in [1.29, 1.82) is 0 Å². The number of likely N-dealkylation sites (tertiary alicyclic amines) is 1. The van der Waals surface area contributed by atoms with Crippen LogP contribution >= 0.6 is 23.4 Å². The smallest absolute Gasteiger partial charge is 0.226 e. The van der Waals surface area contributed by atoms with E-state index in [-0.39, 0.29) is 11.8 Å². The van der Waals surface area contributed by atoms with Crippen LogP contribution in [0.3, 0.4) is 0 Å². The fourth-order valence-corrected chi connectivity index (χ4v) is 3.75. The minimum atomic E-state index is -0.0776. The molecule has 0 atom stereocenters. The molecule has 0 aromatic heterocycles. The molecule has 130 valence electrons. The van der Waals surface area contributed by atoms with Gasteiger partial charge in [-0.25, -0.2) is 0 Å². The monoisotopic (exact) mass is 374 g/mol. The van der Waals surface area contributed by atoms with Gasteiger partial charge in [0.1, 0.15) is 0 Å². The Hall–Kier alpha value is -1.98. The van der Waals surface area contributed by atoms with Crippen molar-refractivity contribution in [3.8, 4) is 0 Å². The molecule has 1 aliphatic heterocycles. The van der Waals surface area contributed by atoms with Gasteiger partial charge in [-0.1, -0.05) is 35.5 Å². The molecule has 0 saturated carbocycles. The summed E-state index contributed by atoms with van der Waals surface area (Å²) in [4.78, 5) is 27.4. The minimum Gasteiger partial charge on any atom is -0.342 e. The lowest BCUT2D eigenvalue weighted by molar-refractivity contribution is -0.128. The molecule has 0 spiro atoms. The normalized spacial score (nSPS) is 14.0. The Morgan fingerprint density at radius 3 is 2.60 bits per heavy atom. The van der Waals surface area contributed by atoms with Crippen LogP contribution in [0, 0.1) is 0 Å². The highest BCUT2D eigenvalue weighted by molar-refractivity contribution is 7.99. The maximum Gasteiger partial charge on any atom is 0.226 e. The summed E-state index contributed by atoms with van der Waals surface area (Å²) >= 11 is 7.75. The second kappa shape index (κ2) is 8.41. The van der Waals surface area contributed by atoms with E-state index in [0.717, 1.165) is 33.5 Å². The average Bonchev–Trinajstić information content (AvgIpc) is 3.02. The number of carbonyl (C=O) groups is 2. The van der Waals surface area contributed by atoms with E-state index < -0.39 is 0 Å². The first-order valence-electron chi connectivity index (χ1n) is 8.22. The third kappa shape index (κ3) is 5.00. The Morgan fingerprint density at radius 2 is 1.92 bits per heavy atom. The fraction of sp³-hybridized carbons (Fsp3) is 0.263. The molecule has 2 aromatic carbocycles. The van der Waals surface area contributed by atoms with E-state index in [9.17, 15) is 9.59 Å². The molecular formula is C19H19ClN2O2S. The quantitative estimate of drug-likeness (QED) is 0.813. The highest BCUT2D eigenvalue weighted by atomic mass is 35.5. The Bertz CT molecular complexity index is 764. The fourth-order valence-electron chi connectivity index (χ4n) is 2.66. The summed E-state index contributed by atoms with van der Waals surface area (Å²) < 4.78 is 0. The first kappa shape index (κ1) is 17.8. The molecule has 0 radical (unpaired) electrons. The van der Waals surface area contributed by atoms with Crippen molar-refractivity contribution in [2.75, 3.05) is 18.4 Å². The van der Waals surface area contributed by atoms with Gasteiger partial charge in [0, 0.05) is 41.4 Å². The van der Waals surface area contributed by atoms with Gasteiger partial charge in [0.05, 0.1) is 5.02 Å². The van der Waals surface area contributed by atoms with Crippen LogP contribution in [-0.4, -0.2) is 29.8 Å². The molecule has 2 aromatic rings. The number of hydrogen-bond donors (Lipinski definition) is 1. The Balaban J connectivity index is 1.51. The molecule has 1 aliphatic rings. The van der Waals surface area contributed by atoms with Crippen LogP contribution in [0.25, 0.3) is 0 Å². The number of rotatable bonds is 6. The van der Waals surface area contributed by atoms with Gasteiger partial charge in [-0.15, -0.1) is 0 Å². The summed E-state index contributed by atoms with van der Waals surface area (Å²) in [5.41, 5.74) is 0.751. The second-order valence-corrected chi connectivity index (χ2v) is 7.36. The van der Waals surface area contributed by atoms with Crippen molar-refractivity contribution >= 4 is 40.9 Å². The second-order valence-electron chi connectivity index (χ2n) is 5.84. The van der Waals surface area contributed by atoms with Crippen LogP contribution in [0.15, 0.2) is 58.3 Å². The van der Waals surface area contributed by atoms with Crippen molar-refractivity contribution in [2.45, 2.75) is 29.1 Å². The average molecular weight is 375 g/mol. The lowest BCUT2D eigenvalue weighted by Crippen LogP contribution is -2.28. The molecule has 0 bridgehead atoms. The Labute approximate surface area is 156 Å². The number of benzene rings is 2. The lowest BCUT2D eigenvalue weighted by Gasteiger charge is -2.15. The molecule has 25 heavy (non-hydrogen) atoms. The molecule has 1 saturated heterocycles. The molecule has 1 N–H and O–H groups in total. The third-order valence-corrected chi connectivity index (χ3v) is 5.51. The van der Waals surface area contributed by atoms with Crippen molar-refractivity contribution in [2.24, 2.45) is 0 Å². The van der Waals surface area contributed by atoms with Crippen LogP contribution in [0.2, 0.25) is 5.02 Å². The largest absolute Gasteiger partial charge is 0.342 e. The predicted molar refractivity (Wildman–Crippen MR) is 101 cm³/mol. The van der Waals surface area contributed by atoms with Gasteiger partial charge < -0.3 is 10.2 Å². The zero-order chi connectivity index (χ0) is 17.6. The van der Waals surface area contributed by atoms with Crippen LogP contribution in [0.1, 0.15) is 19.3 Å². The van der Waals surface area contributed by atoms with Crippen LogP contribution < -0.4 is 5.32 Å². The highest BCUT2D eigenvalue weighted by Crippen LogP contribution is 2.33. The van der Waals surface area contributed by atoms with Gasteiger partial charge in [-0.05, 0) is 42.8 Å². The number of anilines is 1. The maximum atomic E-state index is 12.0. The summed E-state index contributed by atoms with van der Waals surface area (Å²) in [7, 11) is 0. The van der Waals surface area contributed by atoms with E-state index in [1.807, 2.05) is 48.5 Å². The predicted octanol–water partition coefficient (Wildman–Crippen LogP) is 4.44. The number of halogens is 1. The van der Waals surface area contributed by atoms with Crippen molar-refractivity contribution in [3.05, 3.63) is 53.6 Å². The number of hydrogen-bond acceptors (Lipinski definition) is 3. The summed E-state index contributed by atoms with van der Waals surface area (Å²) in [5, 5.41) is 3.59. The SMILES string of the molecule is O=C(CCN1CCCC1=O)Nc1ccc(Sc2ccccc2Cl)cc1. The number of nitrogens with one attached hydrogen (secondary N) is 1. The topological polar surface area (TPSA) is 49.4 Å². The van der Waals surface area contributed by atoms with E-state index in [1.54, 1.807) is 16.7 Å². The van der Waals surface area contributed by atoms with Gasteiger partial charge in [0.15, 0.2) is 0 Å². The van der Waals surface area contributed by atoms with Gasteiger partial charge in [-0.2, -0.15) is 0 Å². The number of amides is 2. The van der Waals surface area contributed by atoms with Crippen LogP contribution in [-0.2, 0) is 9.59 Å². The van der Waals surface area contributed by atoms with Crippen LogP contribution in [0.5, 0.6) is 0 Å². The van der Waals surface area contributed by atoms with E-state index >= 15 is 0 Å². The van der Waals surface area contributed by atoms with E-state index in [0.29, 0.717) is 19.4 Å². The minimum absolute atomic E-state index is 0.0776. The first-order chi connectivity index (χ1) is 12.1. The zero-order valence-electron chi connectivity index (χ0n) is 13.7. The van der Waals surface area contributed by atoms with Gasteiger partial charge in [0.2, 0.25) is 11.8 Å². The molecule has 4 nitrogen and oxygen atoms in total. The van der Waals surface area contributed by atoms with E-state index in [2.05, 4.69) is 5.32 Å². The first-order valence-corrected chi connectivity index (χ1v) is 9.41. The maximum absolute atomic E-state index is 12.0. The Morgan fingerprint density at radius 1 is 1.16 bits per heavy atom. The lowest BCUT2D eigenvalue weighted by atomic mass is 10.3.